The Bertz CT molecular complexity index is 5190. The Morgan fingerprint density at radius 2 is 1.01 bits per heavy atom. The van der Waals surface area contributed by atoms with Crippen LogP contribution in [0.15, 0.2) is 163 Å². The number of carbonyl (C=O) groups is 6. The summed E-state index contributed by atoms with van der Waals surface area (Å²) in [7, 11) is 3.94. The fraction of sp³-hybridized carbons (Fsp3) is 0.556. The second-order valence-electron chi connectivity index (χ2n) is 36.9. The minimum atomic E-state index is -1.59. The number of nitrogens with one attached hydrogen (secondary N) is 1. The van der Waals surface area contributed by atoms with Gasteiger partial charge in [-0.1, -0.05) is 156 Å². The molecule has 12 aliphatic rings. The Balaban J connectivity index is 0.000000129. The number of hydrogen-bond donors (Lipinski definition) is 7. The van der Waals surface area contributed by atoms with Gasteiger partial charge in [0, 0.05) is 61.8 Å². The number of oxazole rings is 1. The number of allylic oxidation sites excluding steroid dienone is 12. The van der Waals surface area contributed by atoms with Crippen LogP contribution in [0.25, 0.3) is 33.0 Å². The first-order valence-electron chi connectivity index (χ1n) is 40.7. The molecule has 9 fully saturated rings. The van der Waals surface area contributed by atoms with E-state index in [9.17, 15) is 64.2 Å². The molecule has 24 heteroatoms. The molecule has 15 unspecified atom stereocenters. The maximum absolute atomic E-state index is 14.1. The fourth-order valence-corrected chi connectivity index (χ4v) is 28.1. The van der Waals surface area contributed by atoms with Crippen LogP contribution in [0.5, 0.6) is 0 Å². The molecule has 12 aliphatic carbocycles. The summed E-state index contributed by atoms with van der Waals surface area (Å²) >= 11 is 3.68. The van der Waals surface area contributed by atoms with E-state index in [4.69, 9.17) is 14.4 Å². The number of benzene rings is 2. The van der Waals surface area contributed by atoms with Crippen LogP contribution in [0.3, 0.4) is 0 Å². The van der Waals surface area contributed by atoms with Crippen molar-refractivity contribution >= 4 is 103 Å². The molecule has 18 rings (SSSR count). The first-order valence-corrected chi connectivity index (χ1v) is 43.6. The summed E-state index contributed by atoms with van der Waals surface area (Å²) in [5, 5.41) is 74.1. The van der Waals surface area contributed by atoms with E-state index in [1.54, 1.807) is 73.0 Å². The molecule has 7 N–H and O–H groups in total. The number of aromatic nitrogens is 6. The lowest BCUT2D eigenvalue weighted by Crippen LogP contribution is -2.62. The van der Waals surface area contributed by atoms with Crippen molar-refractivity contribution in [2.45, 2.75) is 196 Å². The quantitative estimate of drug-likeness (QED) is 0.0303. The van der Waals surface area contributed by atoms with Crippen LogP contribution < -0.4 is 5.56 Å². The van der Waals surface area contributed by atoms with Gasteiger partial charge in [-0.3, -0.25) is 33.6 Å². The number of nitrogens with zero attached hydrogens (tertiary/aromatic N) is 6. The Kier molecular flexibility index (Phi) is 20.8. The number of hydrogen-bond acceptors (Lipinski definition) is 23. The number of para-hydroxylation sites is 2. The number of Topliss-reactive ketones (excluding diaryl/α,β-unsaturated/α-hetero) is 3. The van der Waals surface area contributed by atoms with Crippen LogP contribution in [-0.2, 0) is 35.3 Å². The highest BCUT2D eigenvalue weighted by Crippen LogP contribution is 2.72. The van der Waals surface area contributed by atoms with Crippen molar-refractivity contribution in [1.29, 1.82) is 0 Å². The van der Waals surface area contributed by atoms with Crippen molar-refractivity contribution in [3.63, 3.8) is 0 Å². The van der Waals surface area contributed by atoms with Crippen molar-refractivity contribution in [3.8, 4) is 0 Å². The van der Waals surface area contributed by atoms with Crippen molar-refractivity contribution < 1.29 is 63.8 Å². The maximum atomic E-state index is 14.1. The monoisotopic (exact) mass is 1600 g/mol. The van der Waals surface area contributed by atoms with Crippen LogP contribution in [0.1, 0.15) is 145 Å². The summed E-state index contributed by atoms with van der Waals surface area (Å²) in [5.41, 5.74) is -2.50. The molecule has 0 amide bonds. The fourth-order valence-electron chi connectivity index (χ4n) is 25.5. The van der Waals surface area contributed by atoms with Gasteiger partial charge in [0.15, 0.2) is 51.1 Å². The molecule has 114 heavy (non-hydrogen) atoms. The standard InChI is InChI=1S/C33H41N3O4S.C30H34N2O5S.C27H30N2O5S/c1-19-14-24-22-11-10-20-15-21(37)12-13-31(20,2)29(22)26(38)16-32(24,3)33(19,40)27(39)18-41-30-23-8-6-7-9-25(23)34-28(35-30)17-36(4)5;1-16-12-21-19-9-8-17-13-18(33)10-11-28(17,2)25(19)23(34)14-29(21,3)30(16,37)24(35)15-38-27-31-22-7-5-4-6-20(22)26(36)32-27;1-25-9-7-16(30)12-15(25)5-6-17-18-8-10-27(33,26(18,2)13-19(31)22(17)25)21(32)14-35-24-29-23-20(34-24)4-3-11-28-23/h6-9,12-13,15,19,22,24,26,29,38,40H,10-11,14,16-18H2,1-5H3;4-7,10-11,13,16,19,21,23,25,34,37H,8-9,12,14-15H2,1-3H3,(H,31,32,36);3-4,7,9,11-12,17-19,22,31,33H,5-6,8,10,13-14H2,1-2H3/t19-,22?,24?,26+,29?,31?,32?,33+;16-,19?,21?,23+,25?,28?,29?,30+;17?,18?,19-,22?,25?,26?,27-/m110/s1. The molecule has 0 spiro atoms. The van der Waals surface area contributed by atoms with Crippen LogP contribution in [-0.4, -0.2) is 167 Å². The van der Waals surface area contributed by atoms with E-state index in [2.05, 4.69) is 40.7 Å². The predicted molar refractivity (Wildman–Crippen MR) is 436 cm³/mol. The molecular formula is C90H105N7O14S3. The van der Waals surface area contributed by atoms with Gasteiger partial charge in [0.05, 0.1) is 58.5 Å². The molecule has 4 heterocycles. The summed E-state index contributed by atoms with van der Waals surface area (Å²) in [4.78, 5) is 117. The SMILES string of the molecule is CC12C=CC(=O)C=C1CCC1C2[C@@H](O)CC2(C)C1CC[C@]2(O)C(=O)CSc1nc2ncccc2o1.C[C@@H]1CC2C3CCC4=CC(=O)C=CC4(C)C3[C@@H](O)CC2(C)[C@@]1(O)C(=O)CSc1nc(CN(C)C)nc2ccccc12.C[C@@H]1CC2C3CCC4=CC(=O)C=CC4(C)C3[C@@H](O)CC2(C)[C@@]1(O)C(=O)CSc1nc2ccccc2c(=O)[nH]1. The van der Waals surface area contributed by atoms with Crippen LogP contribution in [0.2, 0.25) is 0 Å². The van der Waals surface area contributed by atoms with Gasteiger partial charge in [-0.15, -0.1) is 0 Å². The first kappa shape index (κ1) is 80.6. The summed E-state index contributed by atoms with van der Waals surface area (Å²) in [6.07, 6.45) is 24.2. The van der Waals surface area contributed by atoms with Crippen molar-refractivity contribution in [1.82, 2.24) is 34.8 Å². The Morgan fingerprint density at radius 1 is 0.544 bits per heavy atom. The largest absolute Gasteiger partial charge is 0.430 e. The number of pyridine rings is 1. The maximum Gasteiger partial charge on any atom is 0.259 e. The van der Waals surface area contributed by atoms with E-state index in [1.807, 2.05) is 102 Å². The number of H-pyrrole nitrogens is 1. The van der Waals surface area contributed by atoms with Crippen LogP contribution in [0, 0.1) is 97.6 Å². The van der Waals surface area contributed by atoms with Gasteiger partial charge in [-0.2, -0.15) is 4.98 Å². The van der Waals surface area contributed by atoms with E-state index < -0.39 is 56.8 Å². The molecule has 0 bridgehead atoms. The molecule has 0 aliphatic heterocycles. The smallest absolute Gasteiger partial charge is 0.259 e. The number of aliphatic hydroxyl groups is 6. The Labute approximate surface area is 676 Å². The molecule has 4 aromatic heterocycles. The zero-order valence-corrected chi connectivity index (χ0v) is 69.0. The van der Waals surface area contributed by atoms with E-state index in [0.717, 1.165) is 95.8 Å². The number of aromatic amines is 1. The predicted octanol–water partition coefficient (Wildman–Crippen LogP) is 12.3. The molecule has 602 valence electrons. The van der Waals surface area contributed by atoms with Crippen molar-refractivity contribution in [2.75, 3.05) is 31.4 Å². The topological polar surface area (TPSA) is 337 Å². The average molecular weight is 1610 g/mol. The number of carbonyl (C=O) groups excluding carboxylic acids is 6. The molecular weight excluding hydrogens is 1500 g/mol. The molecule has 6 aromatic rings. The highest BCUT2D eigenvalue weighted by atomic mass is 32.2. The third kappa shape index (κ3) is 12.7. The summed E-state index contributed by atoms with van der Waals surface area (Å²) < 4.78 is 5.68. The number of aliphatic hydroxyl groups excluding tert-OH is 3. The Morgan fingerprint density at radius 3 is 1.52 bits per heavy atom. The van der Waals surface area contributed by atoms with Gasteiger partial charge in [0.25, 0.3) is 10.8 Å². The van der Waals surface area contributed by atoms with E-state index in [-0.39, 0.29) is 133 Å². The normalized spacial score (nSPS) is 39.3. The molecule has 0 radical (unpaired) electrons. The molecule has 2 aromatic carbocycles. The van der Waals surface area contributed by atoms with Crippen LogP contribution in [0.4, 0.5) is 0 Å². The van der Waals surface area contributed by atoms with Gasteiger partial charge >= 0.3 is 0 Å². The van der Waals surface area contributed by atoms with Gasteiger partial charge in [0.2, 0.25) is 0 Å². The first-order chi connectivity index (χ1) is 54.0. The average Bonchev–Trinajstić information content (AvgIpc) is 1.50. The van der Waals surface area contributed by atoms with Gasteiger partial charge in [0.1, 0.15) is 27.7 Å². The van der Waals surface area contributed by atoms with E-state index in [0.29, 0.717) is 77.0 Å². The number of thioether (sulfide) groups is 3. The third-order valence-electron chi connectivity index (χ3n) is 30.9. The molecule has 0 saturated heterocycles. The molecule has 23 atom stereocenters. The third-order valence-corrected chi connectivity index (χ3v) is 33.6. The van der Waals surface area contributed by atoms with Gasteiger partial charge < -0.3 is 44.9 Å². The zero-order valence-electron chi connectivity index (χ0n) is 66.5. The highest BCUT2D eigenvalue weighted by Gasteiger charge is 2.73. The second kappa shape index (κ2) is 29.4. The molecule has 9 saturated carbocycles. The van der Waals surface area contributed by atoms with Crippen molar-refractivity contribution in [3.05, 3.63) is 154 Å². The minimum absolute atomic E-state index is 0.000251. The molecule has 21 nitrogen and oxygen atoms in total. The Hall–Kier alpha value is -7.23. The van der Waals surface area contributed by atoms with Crippen LogP contribution >= 0.6 is 35.3 Å². The lowest BCUT2D eigenvalue weighted by Gasteiger charge is -2.59. The number of rotatable bonds is 14. The van der Waals surface area contributed by atoms with Gasteiger partial charge in [-0.25, -0.2) is 19.9 Å². The highest BCUT2D eigenvalue weighted by molar-refractivity contribution is 8.00. The lowest BCUT2D eigenvalue weighted by molar-refractivity contribution is -0.180. The summed E-state index contributed by atoms with van der Waals surface area (Å²) in [5.74, 6) is 0.337. The summed E-state index contributed by atoms with van der Waals surface area (Å²) in [6.45, 7) is 16.9. The second-order valence-corrected chi connectivity index (χ2v) is 39.7. The minimum Gasteiger partial charge on any atom is -0.430 e. The lowest BCUT2D eigenvalue weighted by atomic mass is 9.46. The number of fused-ring (bicyclic) bond motifs is 18. The van der Waals surface area contributed by atoms with E-state index >= 15 is 0 Å². The van der Waals surface area contributed by atoms with E-state index in [1.165, 1.54) is 23.5 Å². The zero-order chi connectivity index (χ0) is 80.9. The van der Waals surface area contributed by atoms with Crippen molar-refractivity contribution in [2.24, 2.45) is 97.6 Å². The summed E-state index contributed by atoms with van der Waals surface area (Å²) in [6, 6.07) is 18.4. The van der Waals surface area contributed by atoms with Gasteiger partial charge in [-0.05, 0) is 212 Å². The number of ketones is 6.